The van der Waals surface area contributed by atoms with E-state index in [1.54, 1.807) is 0 Å². The molecule has 174 valence electrons. The number of nitro benzene ring substituents is 2. The van der Waals surface area contributed by atoms with Gasteiger partial charge in [0.15, 0.2) is 12.5 Å². The number of hydrogen-bond donors (Lipinski definition) is 1. The molecule has 0 spiro atoms. The van der Waals surface area contributed by atoms with Gasteiger partial charge in [-0.3, -0.25) is 20.2 Å². The second-order valence-electron chi connectivity index (χ2n) is 6.52. The van der Waals surface area contributed by atoms with Crippen LogP contribution < -0.4 is 10.5 Å². The molecule has 0 unspecified atom stereocenters. The van der Waals surface area contributed by atoms with E-state index in [2.05, 4.69) is 4.99 Å². The molecule has 0 amide bonds. The SMILES string of the molecule is COC(CCOc1ccc([N+](=O)[O-])cc1CN(C#N)C(N)=Nc1ccc([N+](=O)[O-])cc1)OC. The van der Waals surface area contributed by atoms with Crippen LogP contribution in [0.4, 0.5) is 17.1 Å². The van der Waals surface area contributed by atoms with Gasteiger partial charge in [0.1, 0.15) is 5.75 Å². The average molecular weight is 458 g/mol. The minimum Gasteiger partial charge on any atom is -0.493 e. The zero-order valence-corrected chi connectivity index (χ0v) is 17.9. The monoisotopic (exact) mass is 458 g/mol. The second-order valence-corrected chi connectivity index (χ2v) is 6.52. The lowest BCUT2D eigenvalue weighted by atomic mass is 10.1. The van der Waals surface area contributed by atoms with Crippen LogP contribution in [0.15, 0.2) is 47.5 Å². The summed E-state index contributed by atoms with van der Waals surface area (Å²) in [5.74, 6) is 0.109. The number of nitrogens with zero attached hydrogens (tertiary/aromatic N) is 5. The van der Waals surface area contributed by atoms with Crippen molar-refractivity contribution < 1.29 is 24.1 Å². The standard InChI is InChI=1S/C20H22N6O7/c1-31-19(32-2)9-10-33-18-8-7-17(26(29)30)11-14(18)12-24(13-21)20(22)23-15-3-5-16(6-4-15)25(27)28/h3-8,11,19H,9-10,12H2,1-2H3,(H2,22,23). The van der Waals surface area contributed by atoms with E-state index >= 15 is 0 Å². The second kappa shape index (κ2) is 11.9. The van der Waals surface area contributed by atoms with E-state index in [0.29, 0.717) is 23.4 Å². The van der Waals surface area contributed by atoms with Crippen molar-refractivity contribution in [3.8, 4) is 11.9 Å². The Morgan fingerprint density at radius 1 is 1.12 bits per heavy atom. The number of rotatable bonds is 11. The number of guanidine groups is 1. The van der Waals surface area contributed by atoms with Crippen molar-refractivity contribution in [2.75, 3.05) is 20.8 Å². The van der Waals surface area contributed by atoms with Crippen molar-refractivity contribution in [1.29, 1.82) is 5.26 Å². The Hall–Kier alpha value is -4.28. The van der Waals surface area contributed by atoms with Gasteiger partial charge in [-0.1, -0.05) is 0 Å². The van der Waals surface area contributed by atoms with Crippen LogP contribution in [0.1, 0.15) is 12.0 Å². The third-order valence-corrected chi connectivity index (χ3v) is 4.42. The van der Waals surface area contributed by atoms with E-state index < -0.39 is 16.1 Å². The Morgan fingerprint density at radius 3 is 2.27 bits per heavy atom. The van der Waals surface area contributed by atoms with Gasteiger partial charge in [0.05, 0.1) is 28.7 Å². The topological polar surface area (TPSA) is 179 Å². The summed E-state index contributed by atoms with van der Waals surface area (Å²) < 4.78 is 15.9. The number of non-ortho nitro benzene ring substituents is 2. The van der Waals surface area contributed by atoms with Crippen molar-refractivity contribution in [3.05, 3.63) is 68.3 Å². The lowest BCUT2D eigenvalue weighted by Gasteiger charge is -2.18. The quantitative estimate of drug-likeness (QED) is 0.1000. The molecule has 33 heavy (non-hydrogen) atoms. The van der Waals surface area contributed by atoms with Gasteiger partial charge in [-0.15, -0.1) is 0 Å². The number of aliphatic imine (C=N–C) groups is 1. The van der Waals surface area contributed by atoms with Crippen LogP contribution in [0, 0.1) is 31.7 Å². The molecule has 0 saturated heterocycles. The first-order valence-corrected chi connectivity index (χ1v) is 9.50. The molecule has 13 heteroatoms. The van der Waals surface area contributed by atoms with Gasteiger partial charge in [0.25, 0.3) is 11.4 Å². The number of methoxy groups -OCH3 is 2. The Kier molecular flexibility index (Phi) is 9.04. The van der Waals surface area contributed by atoms with Crippen LogP contribution >= 0.6 is 0 Å². The predicted molar refractivity (Wildman–Crippen MR) is 117 cm³/mol. The average Bonchev–Trinajstić information content (AvgIpc) is 2.80. The number of benzene rings is 2. The Morgan fingerprint density at radius 2 is 1.73 bits per heavy atom. The minimum atomic E-state index is -0.565. The van der Waals surface area contributed by atoms with Crippen molar-refractivity contribution in [2.24, 2.45) is 10.7 Å². The van der Waals surface area contributed by atoms with Crippen LogP contribution in [-0.4, -0.2) is 47.8 Å². The zero-order valence-electron chi connectivity index (χ0n) is 17.9. The Bertz CT molecular complexity index is 1050. The Balaban J connectivity index is 2.24. The molecule has 2 N–H and O–H groups in total. The molecule has 0 aromatic heterocycles. The highest BCUT2D eigenvalue weighted by molar-refractivity contribution is 5.82. The van der Waals surface area contributed by atoms with Crippen molar-refractivity contribution in [3.63, 3.8) is 0 Å². The molecule has 2 rings (SSSR count). The normalized spacial score (nSPS) is 11.2. The molecule has 0 fully saturated rings. The molecule has 0 aliphatic carbocycles. The summed E-state index contributed by atoms with van der Waals surface area (Å²) in [6.07, 6.45) is 1.79. The van der Waals surface area contributed by atoms with Gasteiger partial charge in [0.2, 0.25) is 5.96 Å². The van der Waals surface area contributed by atoms with Crippen molar-refractivity contribution >= 4 is 23.0 Å². The van der Waals surface area contributed by atoms with E-state index in [-0.39, 0.29) is 30.5 Å². The molecule has 0 heterocycles. The van der Waals surface area contributed by atoms with Crippen LogP contribution in [-0.2, 0) is 16.0 Å². The molecule has 13 nitrogen and oxygen atoms in total. The smallest absolute Gasteiger partial charge is 0.270 e. The fourth-order valence-corrected chi connectivity index (χ4v) is 2.72. The molecule has 0 saturated carbocycles. The molecule has 0 radical (unpaired) electrons. The fraction of sp³-hybridized carbons (Fsp3) is 0.300. The number of ether oxygens (including phenoxy) is 3. The maximum atomic E-state index is 11.2. The van der Waals surface area contributed by atoms with Gasteiger partial charge < -0.3 is 19.9 Å². The zero-order chi connectivity index (χ0) is 24.4. The first-order chi connectivity index (χ1) is 15.8. The van der Waals surface area contributed by atoms with E-state index in [1.807, 2.05) is 6.19 Å². The fourth-order valence-electron chi connectivity index (χ4n) is 2.72. The van der Waals surface area contributed by atoms with Crippen molar-refractivity contribution in [1.82, 2.24) is 4.90 Å². The van der Waals surface area contributed by atoms with Gasteiger partial charge in [-0.05, 0) is 18.2 Å². The third kappa shape index (κ3) is 7.13. The number of nitro groups is 2. The number of hydrogen-bond acceptors (Lipinski definition) is 9. The van der Waals surface area contributed by atoms with Gasteiger partial charge in [-0.25, -0.2) is 9.89 Å². The lowest BCUT2D eigenvalue weighted by Crippen LogP contribution is -2.33. The third-order valence-electron chi connectivity index (χ3n) is 4.42. The van der Waals surface area contributed by atoms with E-state index in [1.165, 1.54) is 56.7 Å². The summed E-state index contributed by atoms with van der Waals surface area (Å²) >= 11 is 0. The summed E-state index contributed by atoms with van der Waals surface area (Å²) in [4.78, 5) is 26.0. The van der Waals surface area contributed by atoms with Gasteiger partial charge >= 0.3 is 0 Å². The van der Waals surface area contributed by atoms with Crippen LogP contribution in [0.5, 0.6) is 5.75 Å². The molecule has 0 aliphatic heterocycles. The molecule has 2 aromatic carbocycles. The molecule has 2 aromatic rings. The molecular formula is C20H22N6O7. The number of nitrogens with two attached hydrogens (primary N) is 1. The summed E-state index contributed by atoms with van der Waals surface area (Å²) in [6, 6.07) is 9.26. The van der Waals surface area contributed by atoms with Gasteiger partial charge in [-0.2, -0.15) is 5.26 Å². The Labute approximate surface area is 188 Å². The number of nitriles is 1. The summed E-state index contributed by atoms with van der Waals surface area (Å²) in [6.45, 7) is 0.0316. The van der Waals surface area contributed by atoms with E-state index in [0.717, 1.165) is 4.90 Å². The van der Waals surface area contributed by atoms with Crippen molar-refractivity contribution in [2.45, 2.75) is 19.3 Å². The van der Waals surface area contributed by atoms with Crippen LogP contribution in [0.25, 0.3) is 0 Å². The van der Waals surface area contributed by atoms with E-state index in [4.69, 9.17) is 19.9 Å². The highest BCUT2D eigenvalue weighted by Crippen LogP contribution is 2.26. The molecule has 0 atom stereocenters. The summed E-state index contributed by atoms with van der Waals surface area (Å²) in [5, 5.41) is 31.5. The summed E-state index contributed by atoms with van der Waals surface area (Å²) in [5.41, 5.74) is 6.26. The molecular weight excluding hydrogens is 436 g/mol. The largest absolute Gasteiger partial charge is 0.493 e. The first-order valence-electron chi connectivity index (χ1n) is 9.50. The molecule has 0 bridgehead atoms. The summed E-state index contributed by atoms with van der Waals surface area (Å²) in [7, 11) is 2.98. The van der Waals surface area contributed by atoms with E-state index in [9.17, 15) is 25.5 Å². The first kappa shape index (κ1) is 25.0. The highest BCUT2D eigenvalue weighted by atomic mass is 16.7. The minimum absolute atomic E-state index is 0.118. The maximum Gasteiger partial charge on any atom is 0.270 e. The molecule has 0 aliphatic rings. The van der Waals surface area contributed by atoms with Crippen LogP contribution in [0.2, 0.25) is 0 Å². The maximum absolute atomic E-state index is 11.2. The van der Waals surface area contributed by atoms with Gasteiger partial charge in [0, 0.05) is 50.5 Å². The predicted octanol–water partition coefficient (Wildman–Crippen LogP) is 2.82. The highest BCUT2D eigenvalue weighted by Gasteiger charge is 2.17. The van der Waals surface area contributed by atoms with Crippen LogP contribution in [0.3, 0.4) is 0 Å². The lowest BCUT2D eigenvalue weighted by molar-refractivity contribution is -0.385.